The molecular weight excluding hydrogens is 138 g/mol. The lowest BCUT2D eigenvalue weighted by Crippen LogP contribution is -2.35. The molecule has 0 aliphatic heterocycles. The highest BCUT2D eigenvalue weighted by Gasteiger charge is 2.38. The van der Waals surface area contributed by atoms with E-state index in [0.717, 1.165) is 24.4 Å². The number of aliphatic hydroxyl groups is 1. The minimum absolute atomic E-state index is 0.286. The second-order valence-corrected chi connectivity index (χ2v) is 3.96. The molecule has 3 atom stereocenters. The third-order valence-electron chi connectivity index (χ3n) is 3.26. The van der Waals surface area contributed by atoms with Gasteiger partial charge in [-0.15, -0.1) is 0 Å². The van der Waals surface area contributed by atoms with Crippen molar-refractivity contribution in [1.82, 2.24) is 5.32 Å². The van der Waals surface area contributed by atoms with Crippen molar-refractivity contribution in [3.05, 3.63) is 0 Å². The van der Waals surface area contributed by atoms with Crippen LogP contribution in [0.4, 0.5) is 0 Å². The van der Waals surface area contributed by atoms with Crippen molar-refractivity contribution in [2.24, 2.45) is 11.8 Å². The summed E-state index contributed by atoms with van der Waals surface area (Å²) >= 11 is 0. The smallest absolute Gasteiger partial charge is 0.0556 e. The Bertz CT molecular complexity index is 138. The molecule has 2 saturated carbocycles. The zero-order valence-electron chi connectivity index (χ0n) is 6.92. The standard InChI is InChI=1S/C9H17NO/c11-4-3-10-9-6-7-1-2-8(9)5-7/h7-11H,1-6H2/t7-,8+,9+/m0/s1. The first-order valence-electron chi connectivity index (χ1n) is 4.74. The second-order valence-electron chi connectivity index (χ2n) is 3.96. The fourth-order valence-electron chi connectivity index (χ4n) is 2.74. The molecule has 0 unspecified atom stereocenters. The number of fused-ring (bicyclic) bond motifs is 2. The highest BCUT2D eigenvalue weighted by atomic mass is 16.3. The van der Waals surface area contributed by atoms with Crippen LogP contribution in [-0.4, -0.2) is 24.3 Å². The van der Waals surface area contributed by atoms with Gasteiger partial charge in [-0.2, -0.15) is 0 Å². The van der Waals surface area contributed by atoms with Gasteiger partial charge in [0.15, 0.2) is 0 Å². The number of hydrogen-bond acceptors (Lipinski definition) is 2. The van der Waals surface area contributed by atoms with E-state index >= 15 is 0 Å². The summed E-state index contributed by atoms with van der Waals surface area (Å²) in [6.45, 7) is 1.07. The molecule has 0 aromatic carbocycles. The first kappa shape index (κ1) is 7.56. The fourth-order valence-corrected chi connectivity index (χ4v) is 2.74. The molecule has 2 nitrogen and oxygen atoms in total. The Balaban J connectivity index is 1.78. The van der Waals surface area contributed by atoms with E-state index in [9.17, 15) is 0 Å². The van der Waals surface area contributed by atoms with Gasteiger partial charge in [-0.1, -0.05) is 6.42 Å². The lowest BCUT2D eigenvalue weighted by molar-refractivity contribution is 0.266. The average Bonchev–Trinajstić information content (AvgIpc) is 2.60. The molecule has 2 fully saturated rings. The van der Waals surface area contributed by atoms with Crippen molar-refractivity contribution >= 4 is 0 Å². The normalized spacial score (nSPS) is 41.7. The van der Waals surface area contributed by atoms with E-state index in [1.165, 1.54) is 25.7 Å². The van der Waals surface area contributed by atoms with Crippen molar-refractivity contribution in [2.45, 2.75) is 31.7 Å². The van der Waals surface area contributed by atoms with Crippen LogP contribution in [0.1, 0.15) is 25.7 Å². The van der Waals surface area contributed by atoms with Crippen LogP contribution in [0, 0.1) is 11.8 Å². The summed E-state index contributed by atoms with van der Waals surface area (Å²) in [5.41, 5.74) is 0. The monoisotopic (exact) mass is 155 g/mol. The van der Waals surface area contributed by atoms with Gasteiger partial charge in [0.25, 0.3) is 0 Å². The first-order chi connectivity index (χ1) is 5.40. The summed E-state index contributed by atoms with van der Waals surface area (Å²) in [6.07, 6.45) is 5.70. The molecule has 2 N–H and O–H groups in total. The molecule has 2 heteroatoms. The predicted molar refractivity (Wildman–Crippen MR) is 44.3 cm³/mol. The van der Waals surface area contributed by atoms with Gasteiger partial charge in [0.2, 0.25) is 0 Å². The van der Waals surface area contributed by atoms with E-state index < -0.39 is 0 Å². The van der Waals surface area contributed by atoms with E-state index in [1.54, 1.807) is 0 Å². The van der Waals surface area contributed by atoms with Gasteiger partial charge in [0.05, 0.1) is 6.61 Å². The maximum atomic E-state index is 8.63. The van der Waals surface area contributed by atoms with Crippen LogP contribution in [0.15, 0.2) is 0 Å². The van der Waals surface area contributed by atoms with Crippen molar-refractivity contribution < 1.29 is 5.11 Å². The van der Waals surface area contributed by atoms with Gasteiger partial charge in [0, 0.05) is 12.6 Å². The SMILES string of the molecule is OCCN[C@@H]1C[C@H]2CC[C@@H]1C2. The van der Waals surface area contributed by atoms with Crippen molar-refractivity contribution in [3.8, 4) is 0 Å². The van der Waals surface area contributed by atoms with Crippen molar-refractivity contribution in [1.29, 1.82) is 0 Å². The topological polar surface area (TPSA) is 32.3 Å². The Kier molecular flexibility index (Phi) is 2.14. The molecular formula is C9H17NO. The summed E-state index contributed by atoms with van der Waals surface area (Å²) in [5.74, 6) is 1.95. The number of aliphatic hydroxyl groups excluding tert-OH is 1. The molecule has 0 aromatic heterocycles. The Hall–Kier alpha value is -0.0800. The van der Waals surface area contributed by atoms with Gasteiger partial charge in [0.1, 0.15) is 0 Å². The number of rotatable bonds is 3. The molecule has 64 valence electrons. The molecule has 0 aromatic rings. The Morgan fingerprint density at radius 1 is 1.27 bits per heavy atom. The molecule has 2 rings (SSSR count). The molecule has 2 aliphatic rings. The minimum atomic E-state index is 0.286. The molecule has 0 saturated heterocycles. The first-order valence-corrected chi connectivity index (χ1v) is 4.74. The Morgan fingerprint density at radius 2 is 2.18 bits per heavy atom. The van der Waals surface area contributed by atoms with Gasteiger partial charge < -0.3 is 10.4 Å². The fraction of sp³-hybridized carbons (Fsp3) is 1.00. The van der Waals surface area contributed by atoms with Crippen LogP contribution in [0.2, 0.25) is 0 Å². The van der Waals surface area contributed by atoms with Crippen LogP contribution in [-0.2, 0) is 0 Å². The zero-order valence-corrected chi connectivity index (χ0v) is 6.92. The van der Waals surface area contributed by atoms with Crippen LogP contribution in [0.3, 0.4) is 0 Å². The summed E-state index contributed by atoms with van der Waals surface area (Å²) in [5, 5.41) is 12.0. The highest BCUT2D eigenvalue weighted by molar-refractivity contribution is 4.93. The summed E-state index contributed by atoms with van der Waals surface area (Å²) in [7, 11) is 0. The molecule has 0 spiro atoms. The van der Waals surface area contributed by atoms with E-state index in [2.05, 4.69) is 5.32 Å². The Labute approximate surface area is 68.0 Å². The van der Waals surface area contributed by atoms with Gasteiger partial charge >= 0.3 is 0 Å². The minimum Gasteiger partial charge on any atom is -0.395 e. The summed E-state index contributed by atoms with van der Waals surface area (Å²) in [6, 6.07) is 0.737. The molecule has 2 bridgehead atoms. The summed E-state index contributed by atoms with van der Waals surface area (Å²) < 4.78 is 0. The highest BCUT2D eigenvalue weighted by Crippen LogP contribution is 2.44. The molecule has 0 amide bonds. The lowest BCUT2D eigenvalue weighted by atomic mass is 9.95. The van der Waals surface area contributed by atoms with E-state index in [-0.39, 0.29) is 6.61 Å². The molecule has 2 aliphatic carbocycles. The van der Waals surface area contributed by atoms with Crippen molar-refractivity contribution in [3.63, 3.8) is 0 Å². The van der Waals surface area contributed by atoms with Crippen LogP contribution < -0.4 is 5.32 Å². The average molecular weight is 155 g/mol. The van der Waals surface area contributed by atoms with Crippen molar-refractivity contribution in [2.75, 3.05) is 13.2 Å². The van der Waals surface area contributed by atoms with E-state index in [4.69, 9.17) is 5.11 Å². The van der Waals surface area contributed by atoms with Gasteiger partial charge in [-0.25, -0.2) is 0 Å². The Morgan fingerprint density at radius 3 is 2.73 bits per heavy atom. The molecule has 0 radical (unpaired) electrons. The zero-order chi connectivity index (χ0) is 7.68. The lowest BCUT2D eigenvalue weighted by Gasteiger charge is -2.22. The quantitative estimate of drug-likeness (QED) is 0.630. The van der Waals surface area contributed by atoms with Gasteiger partial charge in [-0.3, -0.25) is 0 Å². The third kappa shape index (κ3) is 1.42. The molecule has 11 heavy (non-hydrogen) atoms. The van der Waals surface area contributed by atoms with E-state index in [1.807, 2.05) is 0 Å². The summed E-state index contributed by atoms with van der Waals surface area (Å²) in [4.78, 5) is 0. The maximum absolute atomic E-state index is 8.63. The number of hydrogen-bond donors (Lipinski definition) is 2. The number of nitrogens with one attached hydrogen (secondary N) is 1. The largest absolute Gasteiger partial charge is 0.395 e. The molecule has 0 heterocycles. The van der Waals surface area contributed by atoms with Crippen LogP contribution in [0.25, 0.3) is 0 Å². The predicted octanol–water partition coefficient (Wildman–Crippen LogP) is 0.757. The van der Waals surface area contributed by atoms with Gasteiger partial charge in [-0.05, 0) is 31.1 Å². The third-order valence-corrected chi connectivity index (χ3v) is 3.26. The maximum Gasteiger partial charge on any atom is 0.0556 e. The van der Waals surface area contributed by atoms with Crippen LogP contribution in [0.5, 0.6) is 0 Å². The van der Waals surface area contributed by atoms with Crippen LogP contribution >= 0.6 is 0 Å². The second kappa shape index (κ2) is 3.11. The van der Waals surface area contributed by atoms with E-state index in [0.29, 0.717) is 0 Å².